The average molecular weight is 184 g/mol. The Hall–Kier alpha value is -0.200. The van der Waals surface area contributed by atoms with E-state index >= 15 is 0 Å². The van der Waals surface area contributed by atoms with Crippen LogP contribution >= 0.6 is 11.8 Å². The third kappa shape index (κ3) is 2.40. The molecule has 12 heavy (non-hydrogen) atoms. The molecule has 1 aliphatic rings. The molecule has 0 aromatic heterocycles. The van der Waals surface area contributed by atoms with Crippen LogP contribution in [0.4, 0.5) is 0 Å². The van der Waals surface area contributed by atoms with E-state index in [-0.39, 0.29) is 0 Å². The molecule has 1 fully saturated rings. The number of thioether (sulfide) groups is 1. The number of nitrogens with zero attached hydrogens (tertiary/aromatic N) is 1. The third-order valence-electron chi connectivity index (χ3n) is 2.17. The van der Waals surface area contributed by atoms with Crippen LogP contribution in [0, 0.1) is 17.2 Å². The summed E-state index contributed by atoms with van der Waals surface area (Å²) in [5.74, 6) is 1.25. The molecule has 2 nitrogen and oxygen atoms in total. The van der Waals surface area contributed by atoms with Crippen LogP contribution in [-0.2, 0) is 0 Å². The van der Waals surface area contributed by atoms with E-state index in [0.29, 0.717) is 11.2 Å². The molecule has 68 valence electrons. The van der Waals surface area contributed by atoms with Crippen LogP contribution in [0.1, 0.15) is 26.7 Å². The third-order valence-corrected chi connectivity index (χ3v) is 3.48. The Morgan fingerprint density at radius 3 is 2.58 bits per heavy atom. The standard InChI is InChI=1S/C9H16N2S/c1-7(2)12-6-9(11,5-10)8-3-4-8/h7-8H,3-4,6,11H2,1-2H3. The minimum absolute atomic E-state index is 0.466. The van der Waals surface area contributed by atoms with Gasteiger partial charge in [0.15, 0.2) is 0 Å². The van der Waals surface area contributed by atoms with Crippen molar-refractivity contribution < 1.29 is 0 Å². The number of nitrogens with two attached hydrogens (primary N) is 1. The first-order chi connectivity index (χ1) is 5.58. The summed E-state index contributed by atoms with van der Waals surface area (Å²) >= 11 is 1.78. The van der Waals surface area contributed by atoms with Crippen LogP contribution in [0.2, 0.25) is 0 Å². The molecule has 1 unspecified atom stereocenters. The maximum atomic E-state index is 8.92. The fourth-order valence-corrected chi connectivity index (χ4v) is 2.05. The number of rotatable bonds is 4. The summed E-state index contributed by atoms with van der Waals surface area (Å²) in [6.45, 7) is 4.27. The predicted molar refractivity (Wildman–Crippen MR) is 52.8 cm³/mol. The van der Waals surface area contributed by atoms with Gasteiger partial charge in [-0.15, -0.1) is 0 Å². The molecule has 2 N–H and O–H groups in total. The Balaban J connectivity index is 2.40. The van der Waals surface area contributed by atoms with Gasteiger partial charge in [0.1, 0.15) is 5.54 Å². The van der Waals surface area contributed by atoms with E-state index in [9.17, 15) is 0 Å². The molecule has 1 aliphatic carbocycles. The maximum Gasteiger partial charge on any atom is 0.116 e. The van der Waals surface area contributed by atoms with Crippen LogP contribution in [0.3, 0.4) is 0 Å². The largest absolute Gasteiger partial charge is 0.312 e. The van der Waals surface area contributed by atoms with E-state index in [1.54, 1.807) is 11.8 Å². The van der Waals surface area contributed by atoms with Gasteiger partial charge < -0.3 is 5.73 Å². The normalized spacial score (nSPS) is 21.9. The van der Waals surface area contributed by atoms with E-state index in [4.69, 9.17) is 11.0 Å². The number of hydrogen-bond donors (Lipinski definition) is 1. The number of nitriles is 1. The van der Waals surface area contributed by atoms with Crippen LogP contribution in [0.5, 0.6) is 0 Å². The van der Waals surface area contributed by atoms with Crippen LogP contribution in [-0.4, -0.2) is 16.5 Å². The summed E-state index contributed by atoms with van der Waals surface area (Å²) in [4.78, 5) is 0. The zero-order valence-electron chi connectivity index (χ0n) is 7.71. The van der Waals surface area contributed by atoms with Crippen molar-refractivity contribution in [3.05, 3.63) is 0 Å². The van der Waals surface area contributed by atoms with E-state index in [1.165, 1.54) is 0 Å². The Morgan fingerprint density at radius 2 is 2.25 bits per heavy atom. The molecule has 0 aromatic carbocycles. The first-order valence-corrected chi connectivity index (χ1v) is 5.45. The first kappa shape index (κ1) is 9.88. The van der Waals surface area contributed by atoms with Gasteiger partial charge in [0.2, 0.25) is 0 Å². The highest BCUT2D eigenvalue weighted by Gasteiger charge is 2.42. The van der Waals surface area contributed by atoms with Gasteiger partial charge in [-0.3, -0.25) is 0 Å². The van der Waals surface area contributed by atoms with Gasteiger partial charge in [-0.25, -0.2) is 0 Å². The van der Waals surface area contributed by atoms with Crippen molar-refractivity contribution in [3.63, 3.8) is 0 Å². The van der Waals surface area contributed by atoms with E-state index in [0.717, 1.165) is 18.6 Å². The smallest absolute Gasteiger partial charge is 0.116 e. The van der Waals surface area contributed by atoms with Crippen molar-refractivity contribution in [1.29, 1.82) is 5.26 Å². The van der Waals surface area contributed by atoms with Crippen molar-refractivity contribution in [2.24, 2.45) is 11.7 Å². The maximum absolute atomic E-state index is 8.92. The SMILES string of the molecule is CC(C)SCC(N)(C#N)C1CC1. The summed E-state index contributed by atoms with van der Waals surface area (Å²) in [6, 6.07) is 2.25. The van der Waals surface area contributed by atoms with Gasteiger partial charge in [0.05, 0.1) is 6.07 Å². The molecular formula is C9H16N2S. The van der Waals surface area contributed by atoms with Gasteiger partial charge in [-0.2, -0.15) is 17.0 Å². The van der Waals surface area contributed by atoms with Gasteiger partial charge in [0, 0.05) is 5.75 Å². The molecule has 0 aromatic rings. The molecule has 0 aliphatic heterocycles. The molecule has 1 atom stereocenters. The lowest BCUT2D eigenvalue weighted by Crippen LogP contribution is -2.43. The fourth-order valence-electron chi connectivity index (χ4n) is 1.14. The van der Waals surface area contributed by atoms with Crippen molar-refractivity contribution >= 4 is 11.8 Å². The molecule has 1 rings (SSSR count). The van der Waals surface area contributed by atoms with Crippen molar-refractivity contribution in [1.82, 2.24) is 0 Å². The number of hydrogen-bond acceptors (Lipinski definition) is 3. The summed E-state index contributed by atoms with van der Waals surface area (Å²) in [5, 5.41) is 9.49. The summed E-state index contributed by atoms with van der Waals surface area (Å²) in [6.07, 6.45) is 2.28. The molecule has 0 bridgehead atoms. The lowest BCUT2D eigenvalue weighted by Gasteiger charge is -2.21. The fraction of sp³-hybridized carbons (Fsp3) is 0.889. The zero-order valence-corrected chi connectivity index (χ0v) is 8.53. The molecule has 0 heterocycles. The first-order valence-electron chi connectivity index (χ1n) is 4.40. The average Bonchev–Trinajstić information content (AvgIpc) is 2.82. The molecule has 3 heteroatoms. The Bertz CT molecular complexity index is 193. The molecule has 0 spiro atoms. The highest BCUT2D eigenvalue weighted by atomic mass is 32.2. The molecule has 1 saturated carbocycles. The van der Waals surface area contributed by atoms with Crippen molar-refractivity contribution in [2.45, 2.75) is 37.5 Å². The quantitative estimate of drug-likeness (QED) is 0.724. The molecule has 0 amide bonds. The topological polar surface area (TPSA) is 49.8 Å². The van der Waals surface area contributed by atoms with Gasteiger partial charge in [-0.05, 0) is 24.0 Å². The van der Waals surface area contributed by atoms with Gasteiger partial charge >= 0.3 is 0 Å². The monoisotopic (exact) mass is 184 g/mol. The van der Waals surface area contributed by atoms with Crippen molar-refractivity contribution in [3.8, 4) is 6.07 Å². The Kier molecular flexibility index (Phi) is 3.03. The molecule has 0 saturated heterocycles. The second-order valence-electron chi connectivity index (χ2n) is 3.79. The molecular weight excluding hydrogens is 168 g/mol. The minimum Gasteiger partial charge on any atom is -0.312 e. The summed E-state index contributed by atoms with van der Waals surface area (Å²) in [5.41, 5.74) is 5.42. The van der Waals surface area contributed by atoms with Crippen molar-refractivity contribution in [2.75, 3.05) is 5.75 Å². The van der Waals surface area contributed by atoms with Crippen LogP contribution < -0.4 is 5.73 Å². The highest BCUT2D eigenvalue weighted by Crippen LogP contribution is 2.39. The van der Waals surface area contributed by atoms with E-state index in [2.05, 4.69) is 19.9 Å². The lowest BCUT2D eigenvalue weighted by molar-refractivity contribution is 0.532. The highest BCUT2D eigenvalue weighted by molar-refractivity contribution is 7.99. The molecule has 0 radical (unpaired) electrons. The Morgan fingerprint density at radius 1 is 1.67 bits per heavy atom. The van der Waals surface area contributed by atoms with E-state index < -0.39 is 5.54 Å². The zero-order chi connectivity index (χ0) is 9.19. The summed E-state index contributed by atoms with van der Waals surface area (Å²) < 4.78 is 0. The van der Waals surface area contributed by atoms with Gasteiger partial charge in [0.25, 0.3) is 0 Å². The Labute approximate surface area is 78.5 Å². The van der Waals surface area contributed by atoms with Crippen LogP contribution in [0.15, 0.2) is 0 Å². The summed E-state index contributed by atoms with van der Waals surface area (Å²) in [7, 11) is 0. The van der Waals surface area contributed by atoms with E-state index in [1.807, 2.05) is 0 Å². The minimum atomic E-state index is -0.547. The second kappa shape index (κ2) is 3.68. The van der Waals surface area contributed by atoms with Crippen LogP contribution in [0.25, 0.3) is 0 Å². The lowest BCUT2D eigenvalue weighted by atomic mass is 10.00. The second-order valence-corrected chi connectivity index (χ2v) is 5.35. The van der Waals surface area contributed by atoms with Gasteiger partial charge in [-0.1, -0.05) is 13.8 Å². The predicted octanol–water partition coefficient (Wildman–Crippen LogP) is 1.76.